The molecule has 0 fully saturated rings. The zero-order chi connectivity index (χ0) is 25.6. The van der Waals surface area contributed by atoms with Crippen molar-refractivity contribution < 1.29 is 38.1 Å². The summed E-state index contributed by atoms with van der Waals surface area (Å²) in [5, 5.41) is 17.3. The van der Waals surface area contributed by atoms with Crippen molar-refractivity contribution >= 4 is 25.2 Å². The van der Waals surface area contributed by atoms with Crippen LogP contribution < -0.4 is 9.82 Å². The number of phenolic OH excluding ortho intramolecular Hbond substituents is 1. The molecule has 1 aromatic carbocycles. The molecule has 0 saturated carbocycles. The molecule has 1 aliphatic rings. The highest BCUT2D eigenvalue weighted by Crippen LogP contribution is 2.46. The fourth-order valence-corrected chi connectivity index (χ4v) is 5.53. The van der Waals surface area contributed by atoms with Crippen LogP contribution in [0.2, 0.25) is 0 Å². The molecule has 2 atom stereocenters. The summed E-state index contributed by atoms with van der Waals surface area (Å²) in [7, 11) is -2.14. The van der Waals surface area contributed by atoms with E-state index in [0.29, 0.717) is 33.7 Å². The molecule has 0 bridgehead atoms. The maximum absolute atomic E-state index is 13.5. The summed E-state index contributed by atoms with van der Waals surface area (Å²) in [6, 6.07) is -0.875. The molecule has 188 valence electrons. The van der Waals surface area contributed by atoms with Gasteiger partial charge in [-0.05, 0) is 53.5 Å². The van der Waals surface area contributed by atoms with Crippen molar-refractivity contribution in [3.8, 4) is 11.5 Å². The molecule has 2 N–H and O–H groups in total. The molecule has 0 aliphatic carbocycles. The highest BCUT2D eigenvalue weighted by atomic mass is 31.2. The molecule has 1 heterocycles. The molecule has 0 amide bonds. The van der Waals surface area contributed by atoms with E-state index in [1.165, 1.54) is 14.0 Å². The van der Waals surface area contributed by atoms with E-state index in [2.05, 4.69) is 10.2 Å². The van der Waals surface area contributed by atoms with Crippen molar-refractivity contribution in [1.29, 1.82) is 0 Å². The average molecular weight is 496 g/mol. The van der Waals surface area contributed by atoms with Gasteiger partial charge in [-0.2, -0.15) is 0 Å². The minimum Gasteiger partial charge on any atom is -0.507 e. The van der Waals surface area contributed by atoms with Crippen LogP contribution in [-0.2, 0) is 36.5 Å². The summed E-state index contributed by atoms with van der Waals surface area (Å²) < 4.78 is 34.3. The maximum atomic E-state index is 13.5. The number of hydrogen-bond donors (Lipinski definition) is 2. The van der Waals surface area contributed by atoms with Gasteiger partial charge in [-0.25, -0.2) is 9.88 Å². The van der Waals surface area contributed by atoms with E-state index in [-0.39, 0.29) is 37.1 Å². The number of benzene rings is 1. The predicted octanol–water partition coefficient (Wildman–Crippen LogP) is 4.02. The standard InChI is InChI=1S/C23H33N2O8P/c1-8-31-22(27)16(6)25-34(29,33-24-13(2)3)12-14(4)9-10-17-20(26)19-18(11-32-23(19)28)15(5)21(17)30-7/h9,16,26H,8,10-12H2,1-7H3,(H,25,29)/b14-9+/t16-,34?/m0/s1. The van der Waals surface area contributed by atoms with Crippen LogP contribution in [0.1, 0.15) is 61.7 Å². The number of carbonyl (C=O) groups excluding carboxylic acids is 2. The number of phenols is 1. The van der Waals surface area contributed by atoms with Gasteiger partial charge in [0.05, 0.1) is 25.6 Å². The second kappa shape index (κ2) is 11.5. The Labute approximate surface area is 199 Å². The van der Waals surface area contributed by atoms with Crippen LogP contribution in [0.3, 0.4) is 0 Å². The molecule has 0 radical (unpaired) electrons. The molecule has 0 aromatic heterocycles. The number of fused-ring (bicyclic) bond motifs is 1. The van der Waals surface area contributed by atoms with E-state index in [1.54, 1.807) is 40.7 Å². The monoisotopic (exact) mass is 496 g/mol. The summed E-state index contributed by atoms with van der Waals surface area (Å²) in [6.07, 6.45) is 1.90. The Hall–Kier alpha value is -2.84. The Balaban J connectivity index is 2.32. The van der Waals surface area contributed by atoms with Gasteiger partial charge in [0.25, 0.3) is 0 Å². The molecule has 10 nitrogen and oxygen atoms in total. The molecule has 0 spiro atoms. The quantitative estimate of drug-likeness (QED) is 0.153. The smallest absolute Gasteiger partial charge is 0.344 e. The summed E-state index contributed by atoms with van der Waals surface area (Å²) in [5.41, 5.74) is 3.09. The maximum Gasteiger partial charge on any atom is 0.344 e. The Morgan fingerprint density at radius 2 is 2.03 bits per heavy atom. The second-order valence-electron chi connectivity index (χ2n) is 8.22. The third kappa shape index (κ3) is 6.39. The van der Waals surface area contributed by atoms with E-state index in [0.717, 1.165) is 0 Å². The van der Waals surface area contributed by atoms with E-state index < -0.39 is 25.5 Å². The van der Waals surface area contributed by atoms with Crippen LogP contribution in [0.4, 0.5) is 0 Å². The number of carbonyl (C=O) groups is 2. The van der Waals surface area contributed by atoms with Gasteiger partial charge >= 0.3 is 19.5 Å². The van der Waals surface area contributed by atoms with Crippen molar-refractivity contribution in [3.05, 3.63) is 33.9 Å². The molecular weight excluding hydrogens is 463 g/mol. The normalized spacial score (nSPS) is 15.6. The average Bonchev–Trinajstić information content (AvgIpc) is 3.15. The summed E-state index contributed by atoms with van der Waals surface area (Å²) in [6.45, 7) is 10.4. The highest BCUT2D eigenvalue weighted by Gasteiger charge is 2.33. The summed E-state index contributed by atoms with van der Waals surface area (Å²) >= 11 is 0. The van der Waals surface area contributed by atoms with Gasteiger partial charge in [0.2, 0.25) is 0 Å². The molecule has 11 heteroatoms. The van der Waals surface area contributed by atoms with Gasteiger partial charge in [-0.1, -0.05) is 16.8 Å². The van der Waals surface area contributed by atoms with Crippen LogP contribution >= 0.6 is 7.52 Å². The van der Waals surface area contributed by atoms with Crippen molar-refractivity contribution in [3.63, 3.8) is 0 Å². The molecule has 34 heavy (non-hydrogen) atoms. The lowest BCUT2D eigenvalue weighted by atomic mass is 9.95. The number of aromatic hydroxyl groups is 1. The van der Waals surface area contributed by atoms with Gasteiger partial charge in [-0.3, -0.25) is 9.36 Å². The molecule has 0 saturated heterocycles. The molecule has 1 aromatic rings. The van der Waals surface area contributed by atoms with Crippen LogP contribution in [0.25, 0.3) is 0 Å². The van der Waals surface area contributed by atoms with Gasteiger partial charge in [0, 0.05) is 11.1 Å². The van der Waals surface area contributed by atoms with E-state index in [4.69, 9.17) is 18.8 Å². The van der Waals surface area contributed by atoms with Crippen molar-refractivity contribution in [1.82, 2.24) is 5.09 Å². The summed E-state index contributed by atoms with van der Waals surface area (Å²) in [4.78, 5) is 24.1. The number of nitrogens with one attached hydrogen (secondary N) is 1. The van der Waals surface area contributed by atoms with Crippen molar-refractivity contribution in [2.75, 3.05) is 19.9 Å². The third-order valence-corrected chi connectivity index (χ3v) is 7.19. The lowest BCUT2D eigenvalue weighted by Crippen LogP contribution is -2.34. The van der Waals surface area contributed by atoms with Crippen LogP contribution in [0.5, 0.6) is 11.5 Å². The molecular formula is C23H33N2O8P. The number of esters is 2. The van der Waals surface area contributed by atoms with E-state index in [9.17, 15) is 19.3 Å². The third-order valence-electron chi connectivity index (χ3n) is 5.15. The predicted molar refractivity (Wildman–Crippen MR) is 128 cm³/mol. The largest absolute Gasteiger partial charge is 0.507 e. The van der Waals surface area contributed by atoms with Crippen LogP contribution in [0.15, 0.2) is 16.8 Å². The fraction of sp³-hybridized carbons (Fsp3) is 0.522. The van der Waals surface area contributed by atoms with Crippen molar-refractivity contribution in [2.45, 2.75) is 60.6 Å². The Bertz CT molecular complexity index is 1060. The lowest BCUT2D eigenvalue weighted by Gasteiger charge is -2.21. The number of cyclic esters (lactones) is 1. The van der Waals surface area contributed by atoms with Crippen LogP contribution in [0, 0.1) is 6.92 Å². The zero-order valence-electron chi connectivity index (χ0n) is 20.7. The highest BCUT2D eigenvalue weighted by molar-refractivity contribution is 7.57. The van der Waals surface area contributed by atoms with Gasteiger partial charge in [0.15, 0.2) is 0 Å². The molecule has 1 unspecified atom stereocenters. The Morgan fingerprint density at radius 1 is 1.35 bits per heavy atom. The van der Waals surface area contributed by atoms with Crippen molar-refractivity contribution in [2.24, 2.45) is 5.16 Å². The van der Waals surface area contributed by atoms with Gasteiger partial charge in [-0.15, -0.1) is 0 Å². The molecule has 2 rings (SSSR count). The lowest BCUT2D eigenvalue weighted by molar-refractivity contribution is -0.144. The number of allylic oxidation sites excluding steroid dienone is 2. The number of ether oxygens (including phenoxy) is 3. The zero-order valence-corrected chi connectivity index (χ0v) is 21.6. The molecule has 1 aliphatic heterocycles. The SMILES string of the molecule is CCOC(=O)[C@H](C)NP(=O)(C/C(C)=C/Cc1c(O)c2c(c(C)c1OC)COC2=O)ON=C(C)C. The fourth-order valence-electron chi connectivity index (χ4n) is 3.56. The van der Waals surface area contributed by atoms with Gasteiger partial charge in [0.1, 0.15) is 29.7 Å². The summed E-state index contributed by atoms with van der Waals surface area (Å²) in [5.74, 6) is -0.870. The number of rotatable bonds is 11. The number of methoxy groups -OCH3 is 1. The van der Waals surface area contributed by atoms with Gasteiger partial charge < -0.3 is 23.9 Å². The Morgan fingerprint density at radius 3 is 2.62 bits per heavy atom. The number of nitrogens with zero attached hydrogens (tertiary/aromatic N) is 1. The van der Waals surface area contributed by atoms with Crippen LogP contribution in [-0.4, -0.2) is 48.7 Å². The van der Waals surface area contributed by atoms with E-state index >= 15 is 0 Å². The first-order valence-electron chi connectivity index (χ1n) is 10.9. The first-order chi connectivity index (χ1) is 15.9. The number of oxime groups is 1. The second-order valence-corrected chi connectivity index (χ2v) is 10.3. The number of hydrogen-bond acceptors (Lipinski definition) is 9. The minimum atomic E-state index is -3.62. The van der Waals surface area contributed by atoms with E-state index in [1.807, 2.05) is 0 Å². The Kier molecular flexibility index (Phi) is 9.29. The first kappa shape index (κ1) is 27.4. The minimum absolute atomic E-state index is 0.0530. The topological polar surface area (TPSA) is 133 Å². The first-order valence-corrected chi connectivity index (χ1v) is 12.7.